The fourth-order valence-electron chi connectivity index (χ4n) is 1.85. The van der Waals surface area contributed by atoms with E-state index >= 15 is 0 Å². The van der Waals surface area contributed by atoms with Crippen molar-refractivity contribution in [3.63, 3.8) is 0 Å². The minimum Gasteiger partial charge on any atom is -0.362 e. The van der Waals surface area contributed by atoms with E-state index in [2.05, 4.69) is 46.7 Å². The van der Waals surface area contributed by atoms with Gasteiger partial charge in [-0.05, 0) is 31.2 Å². The second-order valence-electron chi connectivity index (χ2n) is 4.29. The molecule has 4 nitrogen and oxygen atoms in total. The van der Waals surface area contributed by atoms with E-state index < -0.39 is 0 Å². The lowest BCUT2D eigenvalue weighted by atomic mass is 10.2. The first kappa shape index (κ1) is 14.5. The van der Waals surface area contributed by atoms with Crippen molar-refractivity contribution in [2.45, 2.75) is 19.9 Å². The lowest BCUT2D eigenvalue weighted by Crippen LogP contribution is -2.36. The Morgan fingerprint density at radius 3 is 2.39 bits per heavy atom. The van der Waals surface area contributed by atoms with E-state index in [0.29, 0.717) is 6.54 Å². The summed E-state index contributed by atoms with van der Waals surface area (Å²) in [6.07, 6.45) is 1.02. The second-order valence-corrected chi connectivity index (χ2v) is 4.29. The summed E-state index contributed by atoms with van der Waals surface area (Å²) in [5.74, 6) is 0.0442. The molecule has 100 valence electrons. The van der Waals surface area contributed by atoms with Crippen molar-refractivity contribution in [1.29, 1.82) is 0 Å². The van der Waals surface area contributed by atoms with E-state index in [4.69, 9.17) is 0 Å². The van der Waals surface area contributed by atoms with Crippen LogP contribution in [0.2, 0.25) is 0 Å². The number of carbonyl (C=O) groups is 1. The SMILES string of the molecule is CCCN(CC(=O)NC)c1ccc(CNC)cc1. The van der Waals surface area contributed by atoms with Crippen molar-refractivity contribution in [2.24, 2.45) is 0 Å². The molecule has 0 saturated heterocycles. The molecule has 1 aromatic carbocycles. The van der Waals surface area contributed by atoms with E-state index in [-0.39, 0.29) is 5.91 Å². The molecule has 1 amide bonds. The third-order valence-corrected chi connectivity index (χ3v) is 2.79. The zero-order chi connectivity index (χ0) is 13.4. The van der Waals surface area contributed by atoms with Gasteiger partial charge >= 0.3 is 0 Å². The van der Waals surface area contributed by atoms with Crippen LogP contribution >= 0.6 is 0 Å². The van der Waals surface area contributed by atoms with Crippen LogP contribution in [0.5, 0.6) is 0 Å². The predicted molar refractivity (Wildman–Crippen MR) is 75.8 cm³/mol. The second kappa shape index (κ2) is 7.71. The van der Waals surface area contributed by atoms with Gasteiger partial charge in [0.05, 0.1) is 6.54 Å². The highest BCUT2D eigenvalue weighted by atomic mass is 16.1. The van der Waals surface area contributed by atoms with Crippen LogP contribution in [0, 0.1) is 0 Å². The van der Waals surface area contributed by atoms with Gasteiger partial charge in [0, 0.05) is 25.8 Å². The van der Waals surface area contributed by atoms with Crippen molar-refractivity contribution in [3.8, 4) is 0 Å². The van der Waals surface area contributed by atoms with Gasteiger partial charge in [0.2, 0.25) is 5.91 Å². The molecule has 0 aromatic heterocycles. The van der Waals surface area contributed by atoms with Crippen molar-refractivity contribution in [3.05, 3.63) is 29.8 Å². The first-order valence-corrected chi connectivity index (χ1v) is 6.40. The van der Waals surface area contributed by atoms with E-state index in [9.17, 15) is 4.79 Å². The normalized spacial score (nSPS) is 10.2. The molecule has 0 fully saturated rings. The van der Waals surface area contributed by atoms with E-state index in [1.807, 2.05) is 7.05 Å². The monoisotopic (exact) mass is 249 g/mol. The molecule has 2 N–H and O–H groups in total. The van der Waals surface area contributed by atoms with Crippen LogP contribution < -0.4 is 15.5 Å². The fourth-order valence-corrected chi connectivity index (χ4v) is 1.85. The summed E-state index contributed by atoms with van der Waals surface area (Å²) in [5, 5.41) is 5.79. The lowest BCUT2D eigenvalue weighted by molar-refractivity contribution is -0.119. The molecule has 0 heterocycles. The summed E-state index contributed by atoms with van der Waals surface area (Å²) in [6, 6.07) is 8.34. The van der Waals surface area contributed by atoms with Crippen LogP contribution in [0.4, 0.5) is 5.69 Å². The zero-order valence-corrected chi connectivity index (χ0v) is 11.5. The molecular formula is C14H23N3O. The smallest absolute Gasteiger partial charge is 0.239 e. The molecule has 18 heavy (non-hydrogen) atoms. The molecule has 0 unspecified atom stereocenters. The summed E-state index contributed by atoms with van der Waals surface area (Å²) in [5.41, 5.74) is 2.35. The highest BCUT2D eigenvalue weighted by Gasteiger charge is 2.09. The molecule has 0 spiro atoms. The molecule has 0 aliphatic carbocycles. The van der Waals surface area contributed by atoms with Gasteiger partial charge in [-0.1, -0.05) is 19.1 Å². The molecule has 0 bridgehead atoms. The molecular weight excluding hydrogens is 226 g/mol. The van der Waals surface area contributed by atoms with Crippen LogP contribution in [0.3, 0.4) is 0 Å². The van der Waals surface area contributed by atoms with Gasteiger partial charge in [0.25, 0.3) is 0 Å². The van der Waals surface area contributed by atoms with Gasteiger partial charge in [-0.25, -0.2) is 0 Å². The van der Waals surface area contributed by atoms with Gasteiger partial charge in [0.15, 0.2) is 0 Å². The third-order valence-electron chi connectivity index (χ3n) is 2.79. The number of hydrogen-bond donors (Lipinski definition) is 2. The minimum absolute atomic E-state index is 0.0442. The number of rotatable bonds is 7. The first-order valence-electron chi connectivity index (χ1n) is 6.40. The molecule has 0 atom stereocenters. The Kier molecular flexibility index (Phi) is 6.22. The van der Waals surface area contributed by atoms with Crippen molar-refractivity contribution in [1.82, 2.24) is 10.6 Å². The maximum atomic E-state index is 11.5. The summed E-state index contributed by atoms with van der Waals surface area (Å²) in [7, 11) is 3.60. The summed E-state index contributed by atoms with van der Waals surface area (Å²) >= 11 is 0. The third kappa shape index (κ3) is 4.37. The van der Waals surface area contributed by atoms with Crippen molar-refractivity contribution >= 4 is 11.6 Å². The standard InChI is InChI=1S/C14H23N3O/c1-4-9-17(11-14(18)16-3)13-7-5-12(6-8-13)10-15-2/h5-8,15H,4,9-11H2,1-3H3,(H,16,18). The molecule has 0 aliphatic rings. The van der Waals surface area contributed by atoms with E-state index in [0.717, 1.165) is 25.2 Å². The minimum atomic E-state index is 0.0442. The Bertz CT molecular complexity index is 362. The summed E-state index contributed by atoms with van der Waals surface area (Å²) < 4.78 is 0. The van der Waals surface area contributed by atoms with Crippen molar-refractivity contribution in [2.75, 3.05) is 32.1 Å². The average molecular weight is 249 g/mol. The average Bonchev–Trinajstić information content (AvgIpc) is 2.39. The lowest BCUT2D eigenvalue weighted by Gasteiger charge is -2.23. The number of nitrogens with one attached hydrogen (secondary N) is 2. The maximum absolute atomic E-state index is 11.5. The van der Waals surface area contributed by atoms with Gasteiger partial charge in [0.1, 0.15) is 0 Å². The first-order chi connectivity index (χ1) is 8.71. The topological polar surface area (TPSA) is 44.4 Å². The van der Waals surface area contributed by atoms with Crippen molar-refractivity contribution < 1.29 is 4.79 Å². The molecule has 0 radical (unpaired) electrons. The van der Waals surface area contributed by atoms with Crippen LogP contribution in [0.25, 0.3) is 0 Å². The number of nitrogens with zero attached hydrogens (tertiary/aromatic N) is 1. The number of likely N-dealkylation sites (N-methyl/N-ethyl adjacent to an activating group) is 1. The zero-order valence-electron chi connectivity index (χ0n) is 11.5. The van der Waals surface area contributed by atoms with Crippen LogP contribution in [-0.4, -0.2) is 33.1 Å². The van der Waals surface area contributed by atoms with Crippen LogP contribution in [-0.2, 0) is 11.3 Å². The number of anilines is 1. The number of amides is 1. The summed E-state index contributed by atoms with van der Waals surface area (Å²) in [4.78, 5) is 13.6. The van der Waals surface area contributed by atoms with Gasteiger partial charge < -0.3 is 15.5 Å². The van der Waals surface area contributed by atoms with Gasteiger partial charge in [-0.2, -0.15) is 0 Å². The van der Waals surface area contributed by atoms with Crippen LogP contribution in [0.15, 0.2) is 24.3 Å². The quantitative estimate of drug-likeness (QED) is 0.767. The van der Waals surface area contributed by atoms with E-state index in [1.165, 1.54) is 5.56 Å². The predicted octanol–water partition coefficient (Wildman–Crippen LogP) is 1.37. The Morgan fingerprint density at radius 1 is 1.22 bits per heavy atom. The van der Waals surface area contributed by atoms with Gasteiger partial charge in [-0.15, -0.1) is 0 Å². The highest BCUT2D eigenvalue weighted by molar-refractivity contribution is 5.81. The number of benzene rings is 1. The Labute approximate surface area is 109 Å². The largest absolute Gasteiger partial charge is 0.362 e. The molecule has 0 saturated carbocycles. The Morgan fingerprint density at radius 2 is 1.89 bits per heavy atom. The molecule has 1 aromatic rings. The van der Waals surface area contributed by atoms with Crippen LogP contribution in [0.1, 0.15) is 18.9 Å². The highest BCUT2D eigenvalue weighted by Crippen LogP contribution is 2.15. The molecule has 0 aliphatic heterocycles. The number of hydrogen-bond acceptors (Lipinski definition) is 3. The molecule has 1 rings (SSSR count). The fraction of sp³-hybridized carbons (Fsp3) is 0.500. The van der Waals surface area contributed by atoms with Gasteiger partial charge in [-0.3, -0.25) is 4.79 Å². The maximum Gasteiger partial charge on any atom is 0.239 e. The number of carbonyl (C=O) groups excluding carboxylic acids is 1. The van der Waals surface area contributed by atoms with E-state index in [1.54, 1.807) is 7.05 Å². The Hall–Kier alpha value is -1.55. The molecule has 4 heteroatoms. The Balaban J connectivity index is 2.75. The summed E-state index contributed by atoms with van der Waals surface area (Å²) in [6.45, 7) is 4.28.